The quantitative estimate of drug-likeness (QED) is 0.872. The summed E-state index contributed by atoms with van der Waals surface area (Å²) < 4.78 is 18.8. The van der Waals surface area contributed by atoms with Crippen LogP contribution in [0.15, 0.2) is 10.5 Å². The van der Waals surface area contributed by atoms with Gasteiger partial charge < -0.3 is 14.9 Å². The summed E-state index contributed by atoms with van der Waals surface area (Å²) >= 11 is 3.02. The Labute approximate surface area is 94.6 Å². The highest BCUT2D eigenvalue weighted by Crippen LogP contribution is 2.52. The van der Waals surface area contributed by atoms with Gasteiger partial charge in [0.05, 0.1) is 22.7 Å². The smallest absolute Gasteiger partial charge is 0.150 e. The van der Waals surface area contributed by atoms with Crippen molar-refractivity contribution in [2.24, 2.45) is 0 Å². The molecule has 0 heterocycles. The second-order valence-electron chi connectivity index (χ2n) is 3.63. The third-order valence-electron chi connectivity index (χ3n) is 2.56. The molecule has 0 spiro atoms. The lowest BCUT2D eigenvalue weighted by atomic mass is 10.1. The minimum atomic E-state index is -1.21. The van der Waals surface area contributed by atoms with Gasteiger partial charge in [-0.3, -0.25) is 0 Å². The van der Waals surface area contributed by atoms with Crippen LogP contribution < -0.4 is 4.74 Å². The van der Waals surface area contributed by atoms with Crippen molar-refractivity contribution in [3.63, 3.8) is 0 Å². The average Bonchev–Trinajstić information content (AvgIpc) is 2.91. The molecular formula is C10H10BrFO3. The first-order valence-corrected chi connectivity index (χ1v) is 5.27. The molecule has 0 aliphatic heterocycles. The Morgan fingerprint density at radius 2 is 2.13 bits per heavy atom. The number of halogens is 2. The van der Waals surface area contributed by atoms with E-state index in [9.17, 15) is 14.6 Å². The third-order valence-corrected chi connectivity index (χ3v) is 3.30. The second kappa shape index (κ2) is 3.35. The predicted molar refractivity (Wildman–Crippen MR) is 55.4 cm³/mol. The van der Waals surface area contributed by atoms with E-state index >= 15 is 0 Å². The van der Waals surface area contributed by atoms with Crippen molar-refractivity contribution in [2.45, 2.75) is 18.4 Å². The lowest BCUT2D eigenvalue weighted by Gasteiger charge is -2.14. The van der Waals surface area contributed by atoms with Crippen molar-refractivity contribution >= 4 is 15.9 Å². The van der Waals surface area contributed by atoms with Gasteiger partial charge in [0.15, 0.2) is 5.82 Å². The summed E-state index contributed by atoms with van der Waals surface area (Å²) in [5, 5.41) is 19.4. The lowest BCUT2D eigenvalue weighted by molar-refractivity contribution is 0.142. The molecule has 1 fully saturated rings. The van der Waals surface area contributed by atoms with Crippen LogP contribution in [-0.4, -0.2) is 17.3 Å². The van der Waals surface area contributed by atoms with Crippen molar-refractivity contribution in [1.29, 1.82) is 0 Å². The fraction of sp³-hybridized carbons (Fsp3) is 0.400. The molecule has 5 heteroatoms. The zero-order valence-corrected chi connectivity index (χ0v) is 9.64. The van der Waals surface area contributed by atoms with Gasteiger partial charge in [0.2, 0.25) is 0 Å². The summed E-state index contributed by atoms with van der Waals surface area (Å²) in [7, 11) is 1.38. The van der Waals surface area contributed by atoms with Crippen LogP contribution >= 0.6 is 15.9 Å². The van der Waals surface area contributed by atoms with Crippen LogP contribution in [0.1, 0.15) is 18.4 Å². The third kappa shape index (κ3) is 1.59. The summed E-state index contributed by atoms with van der Waals surface area (Å²) in [6, 6.07) is 1.29. The number of methoxy groups -OCH3 is 1. The number of aliphatic hydroxyl groups is 1. The first-order chi connectivity index (χ1) is 6.99. The number of aromatic hydroxyl groups is 1. The van der Waals surface area contributed by atoms with Gasteiger partial charge in [-0.25, -0.2) is 4.39 Å². The summed E-state index contributed by atoms with van der Waals surface area (Å²) in [4.78, 5) is 0. The van der Waals surface area contributed by atoms with Gasteiger partial charge in [0.25, 0.3) is 0 Å². The Balaban J connectivity index is 2.61. The van der Waals surface area contributed by atoms with Gasteiger partial charge in [-0.2, -0.15) is 0 Å². The van der Waals surface area contributed by atoms with Crippen LogP contribution in [0, 0.1) is 5.82 Å². The van der Waals surface area contributed by atoms with E-state index in [-0.39, 0.29) is 21.5 Å². The van der Waals surface area contributed by atoms with Crippen molar-refractivity contribution in [2.75, 3.05) is 7.11 Å². The first-order valence-electron chi connectivity index (χ1n) is 4.47. The van der Waals surface area contributed by atoms with E-state index in [1.165, 1.54) is 13.2 Å². The molecule has 2 N–H and O–H groups in total. The number of rotatable bonds is 2. The van der Waals surface area contributed by atoms with E-state index < -0.39 is 11.4 Å². The van der Waals surface area contributed by atoms with Crippen LogP contribution in [0.3, 0.4) is 0 Å². The van der Waals surface area contributed by atoms with Crippen molar-refractivity contribution in [3.05, 3.63) is 21.9 Å². The Morgan fingerprint density at radius 3 is 2.60 bits per heavy atom. The number of ether oxygens (including phenoxy) is 1. The molecule has 1 aromatic rings. The highest BCUT2D eigenvalue weighted by atomic mass is 79.9. The number of hydrogen-bond acceptors (Lipinski definition) is 3. The van der Waals surface area contributed by atoms with E-state index in [0.29, 0.717) is 12.8 Å². The molecule has 0 radical (unpaired) electrons. The Morgan fingerprint density at radius 1 is 1.53 bits per heavy atom. The fourth-order valence-electron chi connectivity index (χ4n) is 1.55. The van der Waals surface area contributed by atoms with Gasteiger partial charge in [0.1, 0.15) is 11.5 Å². The summed E-state index contributed by atoms with van der Waals surface area (Å²) in [6.45, 7) is 0. The van der Waals surface area contributed by atoms with E-state index in [0.717, 1.165) is 0 Å². The topological polar surface area (TPSA) is 49.7 Å². The predicted octanol–water partition coefficient (Wildman–Crippen LogP) is 2.28. The fourth-order valence-corrected chi connectivity index (χ4v) is 2.02. The molecule has 0 bridgehead atoms. The normalized spacial score (nSPS) is 17.6. The molecule has 0 saturated heterocycles. The highest BCUT2D eigenvalue weighted by Gasteiger charge is 2.47. The maximum absolute atomic E-state index is 13.8. The van der Waals surface area contributed by atoms with Gasteiger partial charge in [0, 0.05) is 6.07 Å². The maximum atomic E-state index is 13.8. The molecule has 1 aliphatic carbocycles. The first kappa shape index (κ1) is 10.7. The number of phenols is 1. The summed E-state index contributed by atoms with van der Waals surface area (Å²) in [6.07, 6.45) is 0.937. The Kier molecular flexibility index (Phi) is 2.39. The van der Waals surface area contributed by atoms with Crippen LogP contribution in [0.25, 0.3) is 0 Å². The lowest BCUT2D eigenvalue weighted by Crippen LogP contribution is -2.08. The summed E-state index contributed by atoms with van der Waals surface area (Å²) in [5.74, 6) is -0.725. The molecule has 0 unspecified atom stereocenters. The molecule has 15 heavy (non-hydrogen) atoms. The standard InChI is InChI=1S/C10H10BrFO3/c1-15-6-4-5(13)7(9(12)8(6)11)10(14)2-3-10/h4,13-14H,2-3H2,1H3. The second-order valence-corrected chi connectivity index (χ2v) is 4.43. The van der Waals surface area contributed by atoms with E-state index in [2.05, 4.69) is 15.9 Å². The summed E-state index contributed by atoms with van der Waals surface area (Å²) in [5.41, 5.74) is -1.25. The molecular weight excluding hydrogens is 267 g/mol. The molecule has 1 aliphatic rings. The van der Waals surface area contributed by atoms with Gasteiger partial charge in [-0.1, -0.05) is 0 Å². The average molecular weight is 277 g/mol. The zero-order valence-electron chi connectivity index (χ0n) is 8.05. The molecule has 0 atom stereocenters. The van der Waals surface area contributed by atoms with Crippen molar-refractivity contribution in [3.8, 4) is 11.5 Å². The highest BCUT2D eigenvalue weighted by molar-refractivity contribution is 9.10. The Hall–Kier alpha value is -0.810. The molecule has 2 rings (SSSR count). The minimum absolute atomic E-state index is 0.0461. The molecule has 0 amide bonds. The molecule has 0 aromatic heterocycles. The van der Waals surface area contributed by atoms with E-state index in [4.69, 9.17) is 4.74 Å². The van der Waals surface area contributed by atoms with Crippen molar-refractivity contribution < 1.29 is 19.3 Å². The van der Waals surface area contributed by atoms with Crippen LogP contribution in [-0.2, 0) is 5.60 Å². The molecule has 1 aromatic carbocycles. The monoisotopic (exact) mass is 276 g/mol. The molecule has 3 nitrogen and oxygen atoms in total. The largest absolute Gasteiger partial charge is 0.507 e. The zero-order chi connectivity index (χ0) is 11.2. The molecule has 82 valence electrons. The number of phenolic OH excluding ortho intramolecular Hbond substituents is 1. The minimum Gasteiger partial charge on any atom is -0.507 e. The van der Waals surface area contributed by atoms with Gasteiger partial charge in [-0.05, 0) is 28.8 Å². The molecule has 1 saturated carbocycles. The SMILES string of the molecule is COc1cc(O)c(C2(O)CC2)c(F)c1Br. The van der Waals surface area contributed by atoms with E-state index in [1.54, 1.807) is 0 Å². The van der Waals surface area contributed by atoms with E-state index in [1.807, 2.05) is 0 Å². The van der Waals surface area contributed by atoms with Gasteiger partial charge >= 0.3 is 0 Å². The van der Waals surface area contributed by atoms with Crippen LogP contribution in [0.2, 0.25) is 0 Å². The number of benzene rings is 1. The van der Waals surface area contributed by atoms with Crippen LogP contribution in [0.4, 0.5) is 4.39 Å². The maximum Gasteiger partial charge on any atom is 0.150 e. The Bertz CT molecular complexity index is 416. The number of hydrogen-bond donors (Lipinski definition) is 2. The van der Waals surface area contributed by atoms with Gasteiger partial charge in [-0.15, -0.1) is 0 Å². The van der Waals surface area contributed by atoms with Crippen molar-refractivity contribution in [1.82, 2.24) is 0 Å². The van der Waals surface area contributed by atoms with Crippen LogP contribution in [0.5, 0.6) is 11.5 Å².